The minimum absolute atomic E-state index is 0.102. The average molecular weight is 896 g/mol. The summed E-state index contributed by atoms with van der Waals surface area (Å²) in [4.78, 5) is 46.8. The van der Waals surface area contributed by atoms with E-state index in [1.807, 2.05) is 6.07 Å². The molecule has 0 bridgehead atoms. The molecule has 0 rings (SSSR count). The third-order valence-corrected chi connectivity index (χ3v) is 9.89. The highest BCUT2D eigenvalue weighted by molar-refractivity contribution is 7.48. The number of nitriles is 1. The van der Waals surface area contributed by atoms with Crippen LogP contribution >= 0.6 is 42.6 Å². The monoisotopic (exact) mass is 894 g/mol. The number of halogens is 3. The molecule has 18 heteroatoms. The first-order valence-corrected chi connectivity index (χ1v) is 23.6. The fraction of sp³-hybridized carbons (Fsp3) is 0.897. The lowest BCUT2D eigenvalue weighted by Crippen LogP contribution is -2.31. The number of nitrogens with one attached hydrogen (secondary N) is 1. The smallest absolute Gasteiger partial charge is 0.462 e. The van der Waals surface area contributed by atoms with Crippen LogP contribution in [-0.2, 0) is 52.0 Å². The second-order valence-electron chi connectivity index (χ2n) is 13.9. The van der Waals surface area contributed by atoms with Crippen molar-refractivity contribution in [3.8, 4) is 6.07 Å². The van der Waals surface area contributed by atoms with Crippen LogP contribution in [0.5, 0.6) is 0 Å². The molecule has 0 radical (unpaired) electrons. The first-order valence-electron chi connectivity index (χ1n) is 21.0. The van der Waals surface area contributed by atoms with Gasteiger partial charge in [0.25, 0.3) is 0 Å². The zero-order valence-corrected chi connectivity index (χ0v) is 37.6. The number of esters is 2. The van der Waals surface area contributed by atoms with E-state index in [9.17, 15) is 18.9 Å². The summed E-state index contributed by atoms with van der Waals surface area (Å²) in [5.41, 5.74) is 0. The lowest BCUT2D eigenvalue weighted by molar-refractivity contribution is -0.281. The number of unbranched alkanes of at least 4 members (excludes halogenated alkanes) is 20. The van der Waals surface area contributed by atoms with Gasteiger partial charge in [-0.2, -0.15) is 5.26 Å². The fourth-order valence-corrected chi connectivity index (χ4v) is 6.43. The number of alkyl halides is 3. The number of hydrogen-bond donors (Lipinski definition) is 1. The number of nitrogens with zero attached hydrogens (tertiary/aromatic N) is 1. The highest BCUT2D eigenvalue weighted by atomic mass is 35.6. The standard InChI is InChI=1S/C39H70Cl3N2O12P/c1-3-5-7-9-11-13-15-17-19-21-23-26-36(45)49-32-35(54-37(46)27-24-22-20-18-16-14-12-10-8-6-4-2)33-53-57(48,55-51-30-25-28-43)56-52-31-29-44-38(47)50-34-39(40,41)42/h35H,3-27,29-34H2,1-2H3,(H,44,47). The van der Waals surface area contributed by atoms with E-state index in [2.05, 4.69) is 19.2 Å². The lowest BCUT2D eigenvalue weighted by atomic mass is 10.1. The minimum Gasteiger partial charge on any atom is -0.462 e. The summed E-state index contributed by atoms with van der Waals surface area (Å²) < 4.78 is 42.2. The van der Waals surface area contributed by atoms with E-state index in [0.29, 0.717) is 12.8 Å². The Morgan fingerprint density at radius 2 is 1.11 bits per heavy atom. The highest BCUT2D eigenvalue weighted by Crippen LogP contribution is 2.50. The van der Waals surface area contributed by atoms with Crippen LogP contribution in [0.4, 0.5) is 4.79 Å². The molecule has 2 unspecified atom stereocenters. The van der Waals surface area contributed by atoms with E-state index in [-0.39, 0.29) is 45.6 Å². The molecule has 0 heterocycles. The molecule has 334 valence electrons. The van der Waals surface area contributed by atoms with Gasteiger partial charge in [0.1, 0.15) is 19.8 Å². The number of carbonyl (C=O) groups excluding carboxylic acids is 3. The summed E-state index contributed by atoms with van der Waals surface area (Å²) >= 11 is 16.6. The van der Waals surface area contributed by atoms with Crippen LogP contribution in [-0.4, -0.2) is 67.5 Å². The maximum absolute atomic E-state index is 13.3. The largest absolute Gasteiger partial charge is 0.529 e. The van der Waals surface area contributed by atoms with E-state index in [1.165, 1.54) is 89.9 Å². The van der Waals surface area contributed by atoms with Crippen molar-refractivity contribution in [3.05, 3.63) is 0 Å². The van der Waals surface area contributed by atoms with E-state index in [4.69, 9.17) is 77.9 Å². The van der Waals surface area contributed by atoms with Crippen molar-refractivity contribution in [2.24, 2.45) is 0 Å². The van der Waals surface area contributed by atoms with Gasteiger partial charge in [-0.15, -0.1) is 9.35 Å². The molecular formula is C39H70Cl3N2O12P. The van der Waals surface area contributed by atoms with Crippen LogP contribution in [0, 0.1) is 11.3 Å². The molecule has 0 aliphatic rings. The molecule has 1 amide bonds. The van der Waals surface area contributed by atoms with Gasteiger partial charge in [-0.25, -0.2) is 19.1 Å². The maximum Gasteiger partial charge on any atom is 0.529 e. The van der Waals surface area contributed by atoms with Gasteiger partial charge in [-0.1, -0.05) is 177 Å². The molecule has 57 heavy (non-hydrogen) atoms. The van der Waals surface area contributed by atoms with Crippen molar-refractivity contribution >= 4 is 60.7 Å². The number of carbonyl (C=O) groups is 3. The van der Waals surface area contributed by atoms with Gasteiger partial charge < -0.3 is 19.5 Å². The maximum atomic E-state index is 13.3. The van der Waals surface area contributed by atoms with Crippen LogP contribution in [0.3, 0.4) is 0 Å². The second kappa shape index (κ2) is 38.8. The Bertz CT molecular complexity index is 1100. The molecule has 0 aromatic rings. The predicted octanol–water partition coefficient (Wildman–Crippen LogP) is 11.9. The van der Waals surface area contributed by atoms with E-state index in [0.717, 1.165) is 38.5 Å². The van der Waals surface area contributed by atoms with Gasteiger partial charge in [-0.3, -0.25) is 14.1 Å². The van der Waals surface area contributed by atoms with Crippen molar-refractivity contribution in [1.29, 1.82) is 5.26 Å². The number of phosphoric acid groups is 1. The quantitative estimate of drug-likeness (QED) is 0.0117. The summed E-state index contributed by atoms with van der Waals surface area (Å²) in [5, 5.41) is 11.1. The van der Waals surface area contributed by atoms with E-state index >= 15 is 0 Å². The Morgan fingerprint density at radius 3 is 1.58 bits per heavy atom. The second-order valence-corrected chi connectivity index (χ2v) is 17.9. The van der Waals surface area contributed by atoms with Gasteiger partial charge >= 0.3 is 25.9 Å². The lowest BCUT2D eigenvalue weighted by Gasteiger charge is -2.21. The highest BCUT2D eigenvalue weighted by Gasteiger charge is 2.33. The Hall–Kier alpha value is -1.40. The van der Waals surface area contributed by atoms with Crippen molar-refractivity contribution in [3.63, 3.8) is 0 Å². The molecule has 0 saturated carbocycles. The van der Waals surface area contributed by atoms with Crippen molar-refractivity contribution in [2.75, 3.05) is 39.6 Å². The Balaban J connectivity index is 5.03. The summed E-state index contributed by atoms with van der Waals surface area (Å²) in [6.07, 6.45) is 23.1. The summed E-state index contributed by atoms with van der Waals surface area (Å²) in [6.45, 7) is 2.13. The molecule has 0 saturated heterocycles. The number of ether oxygens (including phenoxy) is 3. The molecule has 2 atom stereocenters. The van der Waals surface area contributed by atoms with Crippen LogP contribution in [0.15, 0.2) is 0 Å². The predicted molar refractivity (Wildman–Crippen MR) is 220 cm³/mol. The molecule has 1 N–H and O–H groups in total. The summed E-state index contributed by atoms with van der Waals surface area (Å²) in [6, 6.07) is 1.83. The van der Waals surface area contributed by atoms with E-state index < -0.39 is 49.0 Å². The van der Waals surface area contributed by atoms with E-state index in [1.54, 1.807) is 0 Å². The SMILES string of the molecule is CCCCCCCCCCCCCC(=O)OCC(COP(=O)(OOCCC#N)OOCCNC(=O)OCC(Cl)(Cl)Cl)OC(=O)CCCCCCCCCCCCC. The Kier molecular flexibility index (Phi) is 37.8. The third-order valence-electron chi connectivity index (χ3n) is 8.52. The zero-order chi connectivity index (χ0) is 42.3. The van der Waals surface area contributed by atoms with Gasteiger partial charge in [-0.05, 0) is 12.8 Å². The van der Waals surface area contributed by atoms with Gasteiger partial charge in [0.15, 0.2) is 6.10 Å². The van der Waals surface area contributed by atoms with Crippen molar-refractivity contribution in [2.45, 2.75) is 184 Å². The molecule has 0 aliphatic heterocycles. The zero-order valence-electron chi connectivity index (χ0n) is 34.4. The molecule has 0 fully saturated rings. The molecular weight excluding hydrogens is 826 g/mol. The molecule has 0 aromatic carbocycles. The van der Waals surface area contributed by atoms with Crippen LogP contribution in [0.1, 0.15) is 174 Å². The van der Waals surface area contributed by atoms with Gasteiger partial charge in [0, 0.05) is 19.4 Å². The van der Waals surface area contributed by atoms with Gasteiger partial charge in [0.2, 0.25) is 3.79 Å². The van der Waals surface area contributed by atoms with Crippen LogP contribution < -0.4 is 5.32 Å². The number of amides is 1. The number of rotatable bonds is 40. The van der Waals surface area contributed by atoms with Crippen molar-refractivity contribution < 1.29 is 56.8 Å². The minimum atomic E-state index is -4.67. The molecule has 14 nitrogen and oxygen atoms in total. The topological polar surface area (TPSA) is 178 Å². The Labute approximate surface area is 356 Å². The summed E-state index contributed by atoms with van der Waals surface area (Å²) in [5.74, 6) is -0.997. The fourth-order valence-electron chi connectivity index (χ4n) is 5.40. The molecule has 0 spiro atoms. The average Bonchev–Trinajstić information content (AvgIpc) is 3.17. The number of alkyl carbamates (subject to hydrolysis) is 1. The summed E-state index contributed by atoms with van der Waals surface area (Å²) in [7, 11) is -4.67. The van der Waals surface area contributed by atoms with Crippen LogP contribution in [0.25, 0.3) is 0 Å². The Morgan fingerprint density at radius 1 is 0.649 bits per heavy atom. The number of hydrogen-bond acceptors (Lipinski definition) is 13. The van der Waals surface area contributed by atoms with Crippen molar-refractivity contribution in [1.82, 2.24) is 5.32 Å². The third kappa shape index (κ3) is 39.8. The van der Waals surface area contributed by atoms with Gasteiger partial charge in [0.05, 0.1) is 25.7 Å². The normalized spacial score (nSPS) is 13.1. The first-order chi connectivity index (χ1) is 27.4. The molecule has 0 aliphatic carbocycles. The first kappa shape index (κ1) is 55.6. The van der Waals surface area contributed by atoms with Crippen LogP contribution in [0.2, 0.25) is 0 Å². The molecule has 0 aromatic heterocycles.